The molecule has 4 aromatic rings. The first-order valence-electron chi connectivity index (χ1n) is 13.6. The number of aromatic nitrogens is 4. The van der Waals surface area contributed by atoms with Gasteiger partial charge in [0.15, 0.2) is 17.1 Å². The molecule has 226 valence electrons. The van der Waals surface area contributed by atoms with Crippen molar-refractivity contribution in [2.45, 2.75) is 51.4 Å². The Labute approximate surface area is 246 Å². The lowest BCUT2D eigenvalue weighted by Crippen LogP contribution is -2.51. The first-order chi connectivity index (χ1) is 20.5. The van der Waals surface area contributed by atoms with Crippen LogP contribution in [0.4, 0.5) is 22.0 Å². The van der Waals surface area contributed by atoms with Crippen molar-refractivity contribution in [1.82, 2.24) is 25.0 Å². The number of anilines is 3. The Hall–Kier alpha value is -4.98. The van der Waals surface area contributed by atoms with Crippen molar-refractivity contribution >= 4 is 40.2 Å². The number of nitrogens with zero attached hydrogens (tertiary/aromatic N) is 5. The molecule has 0 aliphatic heterocycles. The van der Waals surface area contributed by atoms with Gasteiger partial charge in [0.2, 0.25) is 5.76 Å². The zero-order valence-corrected chi connectivity index (χ0v) is 24.7. The average molecular weight is 592 g/mol. The van der Waals surface area contributed by atoms with E-state index in [0.29, 0.717) is 11.6 Å². The van der Waals surface area contributed by atoms with Crippen LogP contribution in [0, 0.1) is 0 Å². The monoisotopic (exact) mass is 591 g/mol. The Morgan fingerprint density at radius 1 is 1.14 bits per heavy atom. The number of hydrogen-bond donors (Lipinski definition) is 2. The SMILES string of the molecule is COc1cccnc1-n1cccc(Nc2cc(N(C)C(=O)OC(C)(C)C)c3noc(C(=O)N[C@@H]4CC[C@H]4OC)c3n2)c1=O. The van der Waals surface area contributed by atoms with E-state index < -0.39 is 23.2 Å². The predicted octanol–water partition coefficient (Wildman–Crippen LogP) is 3.80. The molecule has 1 fully saturated rings. The standard InChI is InChI=1S/C29H33N7O7/c1-29(2,3)42-28(39)35(4)18-15-21(31-17-9-8-14-36(27(17)38)25-20(41-6)10-7-13-30-25)33-23-22(18)34-43-24(23)26(37)32-16-11-12-19(16)40-5/h7-10,13-16,19H,11-12H2,1-6H3,(H,31,33)(H,32,37)/t16-,19-/m1/s1. The Kier molecular flexibility index (Phi) is 8.04. The van der Waals surface area contributed by atoms with Gasteiger partial charge in [-0.3, -0.25) is 19.1 Å². The number of ether oxygens (including phenoxy) is 3. The number of hydrogen-bond acceptors (Lipinski definition) is 11. The van der Waals surface area contributed by atoms with Gasteiger partial charge in [-0.1, -0.05) is 5.16 Å². The number of nitrogens with one attached hydrogen (secondary N) is 2. The van der Waals surface area contributed by atoms with E-state index >= 15 is 0 Å². The molecular formula is C29H33N7O7. The summed E-state index contributed by atoms with van der Waals surface area (Å²) >= 11 is 0. The number of rotatable bonds is 8. The fourth-order valence-corrected chi connectivity index (χ4v) is 4.57. The fourth-order valence-electron chi connectivity index (χ4n) is 4.57. The lowest BCUT2D eigenvalue weighted by Gasteiger charge is -2.35. The molecule has 4 heterocycles. The quantitative estimate of drug-likeness (QED) is 0.306. The van der Waals surface area contributed by atoms with E-state index in [1.54, 1.807) is 64.5 Å². The number of carbonyl (C=O) groups excluding carboxylic acids is 2. The summed E-state index contributed by atoms with van der Waals surface area (Å²) in [5.74, 6) is 0.175. The minimum Gasteiger partial charge on any atom is -0.493 e. The maximum atomic E-state index is 13.5. The van der Waals surface area contributed by atoms with Gasteiger partial charge in [0.1, 0.15) is 22.6 Å². The third kappa shape index (κ3) is 6.00. The summed E-state index contributed by atoms with van der Waals surface area (Å²) in [4.78, 5) is 49.9. The molecule has 14 heteroatoms. The van der Waals surface area contributed by atoms with Crippen LogP contribution in [0.15, 0.2) is 52.0 Å². The molecule has 43 heavy (non-hydrogen) atoms. The molecule has 0 saturated heterocycles. The lowest BCUT2D eigenvalue weighted by molar-refractivity contribution is 0.00677. The molecular weight excluding hydrogens is 558 g/mol. The van der Waals surface area contributed by atoms with E-state index in [0.717, 1.165) is 12.8 Å². The highest BCUT2D eigenvalue weighted by atomic mass is 16.6. The summed E-state index contributed by atoms with van der Waals surface area (Å²) < 4.78 is 23.1. The number of pyridine rings is 3. The molecule has 1 aliphatic rings. The molecule has 0 radical (unpaired) electrons. The lowest BCUT2D eigenvalue weighted by atomic mass is 9.89. The highest BCUT2D eigenvalue weighted by Crippen LogP contribution is 2.32. The molecule has 1 saturated carbocycles. The third-order valence-corrected chi connectivity index (χ3v) is 6.89. The smallest absolute Gasteiger partial charge is 0.414 e. The Balaban J connectivity index is 1.57. The van der Waals surface area contributed by atoms with Gasteiger partial charge in [-0.25, -0.2) is 14.8 Å². The van der Waals surface area contributed by atoms with Gasteiger partial charge in [-0.05, 0) is 57.9 Å². The van der Waals surface area contributed by atoms with Crippen LogP contribution in [0.25, 0.3) is 16.9 Å². The molecule has 4 aromatic heterocycles. The molecule has 2 atom stereocenters. The zero-order valence-electron chi connectivity index (χ0n) is 24.7. The van der Waals surface area contributed by atoms with Crippen molar-refractivity contribution in [2.24, 2.45) is 0 Å². The Morgan fingerprint density at radius 2 is 1.93 bits per heavy atom. The number of carbonyl (C=O) groups is 2. The van der Waals surface area contributed by atoms with Crippen LogP contribution in [0.1, 0.15) is 44.2 Å². The first kappa shape index (κ1) is 29.5. The van der Waals surface area contributed by atoms with Crippen molar-refractivity contribution < 1.29 is 28.3 Å². The fraction of sp³-hybridized carbons (Fsp3) is 0.379. The topological polar surface area (TPSA) is 163 Å². The second-order valence-corrected chi connectivity index (χ2v) is 11.0. The highest BCUT2D eigenvalue weighted by molar-refractivity contribution is 6.07. The molecule has 0 unspecified atom stereocenters. The molecule has 0 aromatic carbocycles. The van der Waals surface area contributed by atoms with Gasteiger partial charge < -0.3 is 29.4 Å². The van der Waals surface area contributed by atoms with Crippen molar-refractivity contribution in [3.05, 3.63) is 58.8 Å². The number of fused-ring (bicyclic) bond motifs is 1. The maximum Gasteiger partial charge on any atom is 0.414 e. The summed E-state index contributed by atoms with van der Waals surface area (Å²) in [5, 5.41) is 9.98. The molecule has 2 amide bonds. The second-order valence-electron chi connectivity index (χ2n) is 11.0. The average Bonchev–Trinajstić information content (AvgIpc) is 3.39. The zero-order chi connectivity index (χ0) is 30.9. The van der Waals surface area contributed by atoms with E-state index in [9.17, 15) is 14.4 Å². The maximum absolute atomic E-state index is 13.5. The minimum absolute atomic E-state index is 0.0869. The number of amides is 2. The van der Waals surface area contributed by atoms with Crippen molar-refractivity contribution in [3.63, 3.8) is 0 Å². The molecule has 2 N–H and O–H groups in total. The summed E-state index contributed by atoms with van der Waals surface area (Å²) in [6.45, 7) is 5.24. The Bertz CT molecular complexity index is 1720. The van der Waals surface area contributed by atoms with E-state index in [1.165, 1.54) is 29.7 Å². The van der Waals surface area contributed by atoms with Gasteiger partial charge in [0.05, 0.1) is 24.9 Å². The third-order valence-electron chi connectivity index (χ3n) is 6.89. The van der Waals surface area contributed by atoms with Gasteiger partial charge in [0, 0.05) is 32.6 Å². The second kappa shape index (κ2) is 11.7. The number of methoxy groups -OCH3 is 2. The summed E-state index contributed by atoms with van der Waals surface area (Å²) in [6.07, 6.45) is 3.93. The van der Waals surface area contributed by atoms with Crippen molar-refractivity contribution in [3.8, 4) is 11.6 Å². The van der Waals surface area contributed by atoms with Crippen LogP contribution < -0.4 is 25.8 Å². The first-order valence-corrected chi connectivity index (χ1v) is 13.6. The predicted molar refractivity (Wildman–Crippen MR) is 157 cm³/mol. The molecule has 14 nitrogen and oxygen atoms in total. The van der Waals surface area contributed by atoms with E-state index in [-0.39, 0.29) is 46.1 Å². The minimum atomic E-state index is -0.768. The van der Waals surface area contributed by atoms with Gasteiger partial charge in [-0.15, -0.1) is 0 Å². The van der Waals surface area contributed by atoms with Gasteiger partial charge in [0.25, 0.3) is 11.5 Å². The van der Waals surface area contributed by atoms with Crippen LogP contribution in [-0.4, -0.2) is 70.7 Å². The van der Waals surface area contributed by atoms with Crippen molar-refractivity contribution in [2.75, 3.05) is 31.5 Å². The molecule has 1 aliphatic carbocycles. The van der Waals surface area contributed by atoms with E-state index in [1.807, 2.05) is 0 Å². The Morgan fingerprint density at radius 3 is 2.60 bits per heavy atom. The largest absolute Gasteiger partial charge is 0.493 e. The summed E-state index contributed by atoms with van der Waals surface area (Å²) in [7, 11) is 4.58. The highest BCUT2D eigenvalue weighted by Gasteiger charge is 2.34. The van der Waals surface area contributed by atoms with Crippen molar-refractivity contribution in [1.29, 1.82) is 0 Å². The normalized spacial score (nSPS) is 16.3. The van der Waals surface area contributed by atoms with Crippen LogP contribution in [0.5, 0.6) is 5.75 Å². The van der Waals surface area contributed by atoms with Crippen LogP contribution in [0.2, 0.25) is 0 Å². The van der Waals surface area contributed by atoms with Crippen LogP contribution >= 0.6 is 0 Å². The van der Waals surface area contributed by atoms with Crippen LogP contribution in [-0.2, 0) is 9.47 Å². The van der Waals surface area contributed by atoms with Gasteiger partial charge in [-0.2, -0.15) is 0 Å². The van der Waals surface area contributed by atoms with Crippen LogP contribution in [0.3, 0.4) is 0 Å². The van der Waals surface area contributed by atoms with Gasteiger partial charge >= 0.3 is 6.09 Å². The van der Waals surface area contributed by atoms with E-state index in [4.69, 9.17) is 18.7 Å². The molecule has 0 spiro atoms. The molecule has 0 bridgehead atoms. The molecule has 5 rings (SSSR count). The summed E-state index contributed by atoms with van der Waals surface area (Å²) in [6, 6.07) is 7.95. The van der Waals surface area contributed by atoms with E-state index in [2.05, 4.69) is 25.8 Å². The summed E-state index contributed by atoms with van der Waals surface area (Å²) in [5.41, 5.74) is -0.579.